The largest absolute Gasteiger partial charge is 0.351 e. The summed E-state index contributed by atoms with van der Waals surface area (Å²) >= 11 is 0. The first-order valence-corrected chi connectivity index (χ1v) is 12.3. The summed E-state index contributed by atoms with van der Waals surface area (Å²) < 4.78 is 1.52. The molecule has 1 fully saturated rings. The second kappa shape index (κ2) is 9.60. The topological polar surface area (TPSA) is 96.3 Å². The zero-order valence-electron chi connectivity index (χ0n) is 20.6. The van der Waals surface area contributed by atoms with Gasteiger partial charge in [0.05, 0.1) is 6.54 Å². The number of amides is 3. The van der Waals surface area contributed by atoms with Crippen molar-refractivity contribution in [3.63, 3.8) is 0 Å². The number of benzene rings is 1. The van der Waals surface area contributed by atoms with Gasteiger partial charge in [0.2, 0.25) is 5.91 Å². The van der Waals surface area contributed by atoms with Gasteiger partial charge in [-0.3, -0.25) is 19.1 Å². The Balaban J connectivity index is 1.61. The van der Waals surface area contributed by atoms with Crippen LogP contribution in [0.3, 0.4) is 0 Å². The van der Waals surface area contributed by atoms with Crippen molar-refractivity contribution in [1.82, 2.24) is 20.0 Å². The standard InChI is InChI=1S/C26H35N5O3/c1-5-6-13-30-24(33)22-15-21(23(32)28-20-14-17(2)11-12-18(20)3)29-31(22)16-26(30,4)25(34)27-19-9-7-8-10-19/h11-12,14-15,19H,5-10,13,16H2,1-4H3,(H,27,34)(H,28,32)/t26-/m1/s1. The highest BCUT2D eigenvalue weighted by atomic mass is 16.2. The molecule has 8 heteroatoms. The van der Waals surface area contributed by atoms with Crippen molar-refractivity contribution in [1.29, 1.82) is 0 Å². The molecule has 8 nitrogen and oxygen atoms in total. The van der Waals surface area contributed by atoms with Crippen molar-refractivity contribution in [3.8, 4) is 0 Å². The van der Waals surface area contributed by atoms with E-state index in [4.69, 9.17) is 0 Å². The quantitative estimate of drug-likeness (QED) is 0.650. The van der Waals surface area contributed by atoms with Crippen LogP contribution in [0.1, 0.15) is 84.5 Å². The van der Waals surface area contributed by atoms with E-state index in [0.29, 0.717) is 17.9 Å². The molecule has 2 aromatic rings. The maximum Gasteiger partial charge on any atom is 0.276 e. The third kappa shape index (κ3) is 4.58. The number of nitrogens with one attached hydrogen (secondary N) is 2. The average molecular weight is 466 g/mol. The lowest BCUT2D eigenvalue weighted by Crippen LogP contribution is -2.65. The first-order chi connectivity index (χ1) is 16.2. The Morgan fingerprint density at radius 3 is 2.62 bits per heavy atom. The van der Waals surface area contributed by atoms with E-state index in [9.17, 15) is 14.4 Å². The third-order valence-electron chi connectivity index (χ3n) is 7.09. The highest BCUT2D eigenvalue weighted by molar-refractivity contribution is 6.06. The zero-order chi connectivity index (χ0) is 24.5. The molecule has 182 valence electrons. The molecule has 34 heavy (non-hydrogen) atoms. The van der Waals surface area contributed by atoms with Gasteiger partial charge >= 0.3 is 0 Å². The molecule has 0 bridgehead atoms. The number of rotatable bonds is 7. The molecule has 0 unspecified atom stereocenters. The number of aromatic nitrogens is 2. The number of fused-ring (bicyclic) bond motifs is 1. The molecular weight excluding hydrogens is 430 g/mol. The van der Waals surface area contributed by atoms with Crippen LogP contribution in [0.2, 0.25) is 0 Å². The van der Waals surface area contributed by atoms with E-state index >= 15 is 0 Å². The van der Waals surface area contributed by atoms with Crippen LogP contribution >= 0.6 is 0 Å². The Hall–Kier alpha value is -3.16. The van der Waals surface area contributed by atoms with Gasteiger partial charge in [0.15, 0.2) is 5.69 Å². The lowest BCUT2D eigenvalue weighted by Gasteiger charge is -2.43. The predicted octanol–water partition coefficient (Wildman–Crippen LogP) is 3.83. The molecule has 1 aliphatic carbocycles. The summed E-state index contributed by atoms with van der Waals surface area (Å²) in [5.41, 5.74) is 2.15. The number of unbranched alkanes of at least 4 members (excludes halogenated alkanes) is 1. The predicted molar refractivity (Wildman–Crippen MR) is 131 cm³/mol. The SMILES string of the molecule is CCCCN1C(=O)c2cc(C(=O)Nc3cc(C)ccc3C)nn2C[C@]1(C)C(=O)NC1CCCC1. The lowest BCUT2D eigenvalue weighted by atomic mass is 9.94. The van der Waals surface area contributed by atoms with Crippen molar-refractivity contribution in [2.24, 2.45) is 0 Å². The number of hydrogen-bond acceptors (Lipinski definition) is 4. The number of nitrogens with zero attached hydrogens (tertiary/aromatic N) is 3. The molecule has 0 spiro atoms. The molecule has 1 saturated carbocycles. The minimum atomic E-state index is -1.06. The van der Waals surface area contributed by atoms with E-state index < -0.39 is 5.54 Å². The molecule has 0 radical (unpaired) electrons. The minimum absolute atomic E-state index is 0.147. The van der Waals surface area contributed by atoms with Gasteiger partial charge in [-0.05, 0) is 57.2 Å². The molecule has 1 aliphatic heterocycles. The number of hydrogen-bond donors (Lipinski definition) is 2. The summed E-state index contributed by atoms with van der Waals surface area (Å²) in [6, 6.07) is 7.54. The van der Waals surface area contributed by atoms with Gasteiger partial charge < -0.3 is 15.5 Å². The average Bonchev–Trinajstić information content (AvgIpc) is 3.46. The van der Waals surface area contributed by atoms with Gasteiger partial charge in [-0.15, -0.1) is 0 Å². The summed E-state index contributed by atoms with van der Waals surface area (Å²) in [6.07, 6.45) is 5.88. The molecule has 2 aliphatic rings. The molecule has 1 aromatic carbocycles. The van der Waals surface area contributed by atoms with Crippen molar-refractivity contribution in [3.05, 3.63) is 46.8 Å². The summed E-state index contributed by atoms with van der Waals surface area (Å²) in [5.74, 6) is -0.783. The number of anilines is 1. The maximum absolute atomic E-state index is 13.5. The minimum Gasteiger partial charge on any atom is -0.351 e. The van der Waals surface area contributed by atoms with Crippen molar-refractivity contribution < 1.29 is 14.4 Å². The highest BCUT2D eigenvalue weighted by Gasteiger charge is 2.48. The van der Waals surface area contributed by atoms with Gasteiger partial charge in [-0.1, -0.05) is 38.3 Å². The Kier molecular flexibility index (Phi) is 6.77. The molecule has 3 amide bonds. The Bertz CT molecular complexity index is 1100. The molecule has 2 N–H and O–H groups in total. The fourth-order valence-corrected chi connectivity index (χ4v) is 4.89. The van der Waals surface area contributed by atoms with Crippen LogP contribution in [-0.4, -0.2) is 50.5 Å². The fourth-order valence-electron chi connectivity index (χ4n) is 4.89. The Morgan fingerprint density at radius 2 is 1.91 bits per heavy atom. The van der Waals surface area contributed by atoms with Gasteiger partial charge in [0.25, 0.3) is 11.8 Å². The van der Waals surface area contributed by atoms with Crippen molar-refractivity contribution >= 4 is 23.4 Å². The van der Waals surface area contributed by atoms with E-state index in [0.717, 1.165) is 49.7 Å². The van der Waals surface area contributed by atoms with Gasteiger partial charge in [0.1, 0.15) is 11.2 Å². The maximum atomic E-state index is 13.5. The van der Waals surface area contributed by atoms with Crippen molar-refractivity contribution in [2.75, 3.05) is 11.9 Å². The molecule has 1 aromatic heterocycles. The summed E-state index contributed by atoms with van der Waals surface area (Å²) in [7, 11) is 0. The lowest BCUT2D eigenvalue weighted by molar-refractivity contribution is -0.133. The van der Waals surface area contributed by atoms with E-state index in [2.05, 4.69) is 22.7 Å². The molecule has 0 saturated heterocycles. The Labute approximate surface area is 201 Å². The number of carbonyl (C=O) groups excluding carboxylic acids is 3. The van der Waals surface area contributed by atoms with Crippen LogP contribution in [0, 0.1) is 13.8 Å². The van der Waals surface area contributed by atoms with Crippen LogP contribution in [-0.2, 0) is 11.3 Å². The fraction of sp³-hybridized carbons (Fsp3) is 0.538. The second-order valence-electron chi connectivity index (χ2n) is 9.88. The van der Waals surface area contributed by atoms with Crippen LogP contribution in [0.5, 0.6) is 0 Å². The molecule has 2 heterocycles. The van der Waals surface area contributed by atoms with Crippen LogP contribution in [0.15, 0.2) is 24.3 Å². The van der Waals surface area contributed by atoms with Crippen LogP contribution < -0.4 is 10.6 Å². The normalized spacial score (nSPS) is 20.4. The number of carbonyl (C=O) groups is 3. The van der Waals surface area contributed by atoms with Crippen LogP contribution in [0.4, 0.5) is 5.69 Å². The first kappa shape index (κ1) is 24.0. The summed E-state index contributed by atoms with van der Waals surface area (Å²) in [5, 5.41) is 10.5. The highest BCUT2D eigenvalue weighted by Crippen LogP contribution is 2.29. The molecular formula is C26H35N5O3. The summed E-state index contributed by atoms with van der Waals surface area (Å²) in [4.78, 5) is 41.6. The van der Waals surface area contributed by atoms with Gasteiger partial charge in [-0.2, -0.15) is 5.10 Å². The third-order valence-corrected chi connectivity index (χ3v) is 7.09. The molecule has 1 atom stereocenters. The smallest absolute Gasteiger partial charge is 0.276 e. The summed E-state index contributed by atoms with van der Waals surface area (Å²) in [6.45, 7) is 8.46. The van der Waals surface area contributed by atoms with E-state index in [1.165, 1.54) is 10.7 Å². The van der Waals surface area contributed by atoms with E-state index in [1.807, 2.05) is 39.0 Å². The number of aryl methyl sites for hydroxylation is 2. The Morgan fingerprint density at radius 1 is 1.18 bits per heavy atom. The van der Waals surface area contributed by atoms with E-state index in [-0.39, 0.29) is 36.0 Å². The monoisotopic (exact) mass is 465 g/mol. The van der Waals surface area contributed by atoms with Gasteiger partial charge in [0, 0.05) is 24.3 Å². The molecule has 4 rings (SSSR count). The second-order valence-corrected chi connectivity index (χ2v) is 9.88. The zero-order valence-corrected chi connectivity index (χ0v) is 20.6. The van der Waals surface area contributed by atoms with Gasteiger partial charge in [-0.25, -0.2) is 0 Å². The van der Waals surface area contributed by atoms with E-state index in [1.54, 1.807) is 4.90 Å². The first-order valence-electron chi connectivity index (χ1n) is 12.3. The van der Waals surface area contributed by atoms with Crippen LogP contribution in [0.25, 0.3) is 0 Å². The van der Waals surface area contributed by atoms with Crippen molar-refractivity contribution in [2.45, 2.75) is 84.3 Å².